The molecule has 7 nitrogen and oxygen atoms in total. The molecule has 0 saturated heterocycles. The Morgan fingerprint density at radius 2 is 1.73 bits per heavy atom. The molecular formula is C25H19N5O2S. The van der Waals surface area contributed by atoms with E-state index in [2.05, 4.69) is 20.5 Å². The highest BCUT2D eigenvalue weighted by atomic mass is 32.2. The third kappa shape index (κ3) is 4.28. The minimum absolute atomic E-state index is 0.0584. The minimum Gasteiger partial charge on any atom is -0.361 e. The molecule has 1 amide bonds. The molecule has 2 heterocycles. The summed E-state index contributed by atoms with van der Waals surface area (Å²) in [5.41, 5.74) is 5.55. The summed E-state index contributed by atoms with van der Waals surface area (Å²) in [6.07, 6.45) is 3.45. The number of nitrogens with one attached hydrogen (secondary N) is 2. The van der Waals surface area contributed by atoms with Gasteiger partial charge in [-0.1, -0.05) is 60.3 Å². The number of fused-ring (bicyclic) bond motifs is 2. The third-order valence-corrected chi connectivity index (χ3v) is 6.04. The second-order valence-electron chi connectivity index (χ2n) is 7.26. The zero-order valence-electron chi connectivity index (χ0n) is 17.4. The van der Waals surface area contributed by atoms with Crippen LogP contribution in [0.15, 0.2) is 100 Å². The van der Waals surface area contributed by atoms with Gasteiger partial charge in [-0.3, -0.25) is 14.2 Å². The minimum atomic E-state index is -0.293. The lowest BCUT2D eigenvalue weighted by Gasteiger charge is -2.12. The summed E-state index contributed by atoms with van der Waals surface area (Å²) < 4.78 is 1.54. The molecule has 33 heavy (non-hydrogen) atoms. The molecule has 5 aromatic rings. The van der Waals surface area contributed by atoms with Crippen LogP contribution in [0.4, 0.5) is 0 Å². The van der Waals surface area contributed by atoms with Gasteiger partial charge in [0.2, 0.25) is 0 Å². The van der Waals surface area contributed by atoms with Crippen molar-refractivity contribution in [2.45, 2.75) is 5.16 Å². The predicted molar refractivity (Wildman–Crippen MR) is 132 cm³/mol. The Balaban J connectivity index is 1.35. The van der Waals surface area contributed by atoms with E-state index in [1.807, 2.05) is 72.9 Å². The van der Waals surface area contributed by atoms with Crippen LogP contribution in [-0.2, 0) is 4.79 Å². The molecule has 0 aliphatic carbocycles. The van der Waals surface area contributed by atoms with E-state index in [0.717, 1.165) is 16.5 Å². The molecule has 3 aromatic carbocycles. The van der Waals surface area contributed by atoms with Crippen molar-refractivity contribution in [2.24, 2.45) is 5.10 Å². The van der Waals surface area contributed by atoms with E-state index in [4.69, 9.17) is 0 Å². The van der Waals surface area contributed by atoms with Crippen LogP contribution in [0.2, 0.25) is 0 Å². The van der Waals surface area contributed by atoms with Crippen LogP contribution in [0.3, 0.4) is 0 Å². The zero-order chi connectivity index (χ0) is 22.6. The molecule has 2 aromatic heterocycles. The van der Waals surface area contributed by atoms with Crippen molar-refractivity contribution in [2.75, 3.05) is 5.75 Å². The van der Waals surface area contributed by atoms with Gasteiger partial charge in [0.15, 0.2) is 5.16 Å². The van der Waals surface area contributed by atoms with Crippen LogP contribution >= 0.6 is 11.8 Å². The molecule has 2 N–H and O–H groups in total. The van der Waals surface area contributed by atoms with Crippen LogP contribution in [-0.4, -0.2) is 32.4 Å². The number of hydrogen-bond acceptors (Lipinski definition) is 5. The first kappa shape index (κ1) is 20.7. The second kappa shape index (κ2) is 9.13. The van der Waals surface area contributed by atoms with E-state index in [0.29, 0.717) is 21.7 Å². The van der Waals surface area contributed by atoms with Crippen LogP contribution in [0.5, 0.6) is 0 Å². The largest absolute Gasteiger partial charge is 0.361 e. The Hall–Kier alpha value is -4.17. The second-order valence-corrected chi connectivity index (χ2v) is 8.20. The first-order valence-corrected chi connectivity index (χ1v) is 11.3. The fourth-order valence-corrected chi connectivity index (χ4v) is 4.36. The number of para-hydroxylation sites is 3. The Bertz CT molecular complexity index is 1540. The molecule has 0 unspecified atom stereocenters. The monoisotopic (exact) mass is 453 g/mol. The maximum absolute atomic E-state index is 13.2. The van der Waals surface area contributed by atoms with Gasteiger partial charge in [0.05, 0.1) is 28.6 Å². The summed E-state index contributed by atoms with van der Waals surface area (Å²) in [6, 6.07) is 24.3. The third-order valence-electron chi connectivity index (χ3n) is 5.11. The molecule has 0 fully saturated rings. The Labute approximate surface area is 193 Å². The van der Waals surface area contributed by atoms with Crippen LogP contribution < -0.4 is 11.0 Å². The summed E-state index contributed by atoms with van der Waals surface area (Å²) in [5.74, 6) is -0.235. The van der Waals surface area contributed by atoms with Gasteiger partial charge in [0, 0.05) is 22.7 Å². The Kier molecular flexibility index (Phi) is 5.73. The lowest BCUT2D eigenvalue weighted by Crippen LogP contribution is -2.24. The summed E-state index contributed by atoms with van der Waals surface area (Å²) in [5, 5.41) is 6.07. The van der Waals surface area contributed by atoms with Crippen LogP contribution in [0.25, 0.3) is 27.5 Å². The van der Waals surface area contributed by atoms with E-state index in [1.165, 1.54) is 16.3 Å². The molecule has 0 aliphatic heterocycles. The summed E-state index contributed by atoms with van der Waals surface area (Å²) in [7, 11) is 0. The number of carbonyl (C=O) groups is 1. The molecule has 5 rings (SSSR count). The van der Waals surface area contributed by atoms with Gasteiger partial charge in [-0.05, 0) is 30.3 Å². The first-order chi connectivity index (χ1) is 16.2. The molecule has 162 valence electrons. The lowest BCUT2D eigenvalue weighted by atomic mass is 10.2. The SMILES string of the molecule is O=C(CSc1nc2ccccc2c(=O)n1-c1ccccc1)NN=Cc1c[nH]c2ccccc12. The number of thioether (sulfide) groups is 1. The zero-order valence-corrected chi connectivity index (χ0v) is 18.3. The highest BCUT2D eigenvalue weighted by Gasteiger charge is 2.14. The average molecular weight is 454 g/mol. The van der Waals surface area contributed by atoms with E-state index < -0.39 is 0 Å². The molecule has 0 radical (unpaired) electrons. The van der Waals surface area contributed by atoms with E-state index in [1.54, 1.807) is 18.3 Å². The van der Waals surface area contributed by atoms with Crippen molar-refractivity contribution in [3.63, 3.8) is 0 Å². The van der Waals surface area contributed by atoms with Crippen molar-refractivity contribution in [1.29, 1.82) is 0 Å². The topological polar surface area (TPSA) is 92.1 Å². The van der Waals surface area contributed by atoms with Gasteiger partial charge in [-0.15, -0.1) is 0 Å². The highest BCUT2D eigenvalue weighted by molar-refractivity contribution is 7.99. The normalized spacial score (nSPS) is 11.4. The number of hydrogen-bond donors (Lipinski definition) is 2. The number of H-pyrrole nitrogens is 1. The number of hydrazone groups is 1. The Morgan fingerprint density at radius 1 is 1.00 bits per heavy atom. The quantitative estimate of drug-likeness (QED) is 0.175. The number of aromatic amines is 1. The number of carbonyl (C=O) groups excluding carboxylic acids is 1. The number of benzene rings is 3. The highest BCUT2D eigenvalue weighted by Crippen LogP contribution is 2.21. The molecule has 0 bridgehead atoms. The summed E-state index contributed by atoms with van der Waals surface area (Å²) >= 11 is 1.19. The molecular weight excluding hydrogens is 434 g/mol. The number of rotatable bonds is 6. The lowest BCUT2D eigenvalue weighted by molar-refractivity contribution is -0.118. The van der Waals surface area contributed by atoms with Crippen LogP contribution in [0.1, 0.15) is 5.56 Å². The van der Waals surface area contributed by atoms with Gasteiger partial charge >= 0.3 is 0 Å². The fraction of sp³-hybridized carbons (Fsp3) is 0.0400. The average Bonchev–Trinajstić information content (AvgIpc) is 3.26. The maximum Gasteiger partial charge on any atom is 0.266 e. The van der Waals surface area contributed by atoms with E-state index in [9.17, 15) is 9.59 Å². The van der Waals surface area contributed by atoms with Gasteiger partial charge < -0.3 is 4.98 Å². The Morgan fingerprint density at radius 3 is 2.58 bits per heavy atom. The van der Waals surface area contributed by atoms with Crippen molar-refractivity contribution >= 4 is 45.7 Å². The van der Waals surface area contributed by atoms with Gasteiger partial charge in [0.25, 0.3) is 11.5 Å². The predicted octanol–water partition coefficient (Wildman–Crippen LogP) is 4.11. The molecule has 8 heteroatoms. The summed E-state index contributed by atoms with van der Waals surface area (Å²) in [4.78, 5) is 33.4. The molecule has 0 saturated carbocycles. The first-order valence-electron chi connectivity index (χ1n) is 10.3. The number of aromatic nitrogens is 3. The van der Waals surface area contributed by atoms with Crippen molar-refractivity contribution in [3.05, 3.63) is 101 Å². The van der Waals surface area contributed by atoms with Crippen molar-refractivity contribution < 1.29 is 4.79 Å². The van der Waals surface area contributed by atoms with Crippen molar-refractivity contribution in [3.8, 4) is 5.69 Å². The van der Waals surface area contributed by atoms with E-state index in [-0.39, 0.29) is 17.2 Å². The number of nitrogens with zero attached hydrogens (tertiary/aromatic N) is 3. The number of amides is 1. The fourth-order valence-electron chi connectivity index (χ4n) is 3.55. The molecule has 0 aliphatic rings. The maximum atomic E-state index is 13.2. The van der Waals surface area contributed by atoms with Crippen molar-refractivity contribution in [1.82, 2.24) is 20.0 Å². The van der Waals surface area contributed by atoms with Gasteiger partial charge in [0.1, 0.15) is 0 Å². The standard InChI is InChI=1S/C25H19N5O2S/c31-23(29-27-15-17-14-26-21-12-6-4-10-19(17)21)16-33-25-28-22-13-7-5-11-20(22)24(32)30(25)18-8-2-1-3-9-18/h1-15,26H,16H2,(H,29,31). The van der Waals surface area contributed by atoms with Gasteiger partial charge in [-0.2, -0.15) is 5.10 Å². The summed E-state index contributed by atoms with van der Waals surface area (Å²) in [6.45, 7) is 0. The van der Waals surface area contributed by atoms with Gasteiger partial charge in [-0.25, -0.2) is 10.4 Å². The molecule has 0 spiro atoms. The smallest absolute Gasteiger partial charge is 0.266 e. The van der Waals surface area contributed by atoms with Crippen LogP contribution in [0, 0.1) is 0 Å². The molecule has 0 atom stereocenters. The van der Waals surface area contributed by atoms with E-state index >= 15 is 0 Å².